The summed E-state index contributed by atoms with van der Waals surface area (Å²) in [7, 11) is 0. The van der Waals surface area contributed by atoms with Crippen molar-refractivity contribution in [2.75, 3.05) is 18.4 Å². The van der Waals surface area contributed by atoms with Crippen molar-refractivity contribution in [1.29, 1.82) is 0 Å². The number of nitrogen functional groups attached to an aromatic ring is 1. The Kier molecular flexibility index (Phi) is 6.97. The summed E-state index contributed by atoms with van der Waals surface area (Å²) in [5.74, 6) is -0.0796. The molecule has 0 aliphatic carbocycles. The summed E-state index contributed by atoms with van der Waals surface area (Å²) >= 11 is 4.44. The molecule has 0 aromatic heterocycles. The number of carbonyl (C=O) groups is 1. The molecule has 0 bridgehead atoms. The van der Waals surface area contributed by atoms with Gasteiger partial charge in [-0.1, -0.05) is 0 Å². The molecule has 0 aliphatic rings. The number of halogens is 1. The van der Waals surface area contributed by atoms with Crippen molar-refractivity contribution in [2.45, 2.75) is 6.42 Å². The first-order valence-electron chi connectivity index (χ1n) is 11.1. The number of benzene rings is 4. The van der Waals surface area contributed by atoms with Gasteiger partial charge in [-0.25, -0.2) is 0 Å². The van der Waals surface area contributed by atoms with E-state index < -0.39 is 5.31 Å². The van der Waals surface area contributed by atoms with Crippen LogP contribution in [-0.2, 0) is 0 Å². The van der Waals surface area contributed by atoms with Gasteiger partial charge in [-0.15, -0.1) is 0 Å². The predicted octanol–water partition coefficient (Wildman–Crippen LogP) is 5.23. The number of carbonyl (C=O) groups excluding carboxylic acids is 1. The van der Waals surface area contributed by atoms with Crippen molar-refractivity contribution in [3.63, 3.8) is 0 Å². The zero-order chi connectivity index (χ0) is 23.2. The van der Waals surface area contributed by atoms with Gasteiger partial charge in [-0.3, -0.25) is 0 Å². The van der Waals surface area contributed by atoms with Crippen molar-refractivity contribution >= 4 is 48.3 Å². The van der Waals surface area contributed by atoms with Crippen LogP contribution in [0.2, 0.25) is 0 Å². The molecule has 3 N–H and O–H groups in total. The van der Waals surface area contributed by atoms with Crippen LogP contribution in [0.4, 0.5) is 5.69 Å². The molecule has 0 saturated heterocycles. The van der Waals surface area contributed by atoms with E-state index >= 15 is 0 Å². The molecule has 0 spiro atoms. The number of hydrogen-bond donors (Lipinski definition) is 2. The average molecular weight is 519 g/mol. The standard InChI is InChI=1S/C28H28BrN2OP/c29-33(25-11-4-1-5-12-25,26-13-6-2-7-14-26,27-15-8-3-9-16-27)22-10-21-31-28(32)23-17-19-24(30)20-18-23/h1-9,11-20H,10,21-22,30H2,(H,31,32). The predicted molar refractivity (Wildman–Crippen MR) is 147 cm³/mol. The summed E-state index contributed by atoms with van der Waals surface area (Å²) in [6.07, 6.45) is 1.70. The first kappa shape index (κ1) is 23.2. The average Bonchev–Trinajstić information content (AvgIpc) is 2.88. The van der Waals surface area contributed by atoms with Gasteiger partial charge < -0.3 is 0 Å². The summed E-state index contributed by atoms with van der Waals surface area (Å²) in [6, 6.07) is 39.1. The third-order valence-electron chi connectivity index (χ3n) is 6.10. The van der Waals surface area contributed by atoms with Gasteiger partial charge in [0.25, 0.3) is 0 Å². The molecule has 0 saturated carbocycles. The molecule has 0 atom stereocenters. The van der Waals surface area contributed by atoms with Crippen molar-refractivity contribution < 1.29 is 4.79 Å². The Bertz CT molecular complexity index is 1100. The number of hydrogen-bond acceptors (Lipinski definition) is 2. The van der Waals surface area contributed by atoms with Gasteiger partial charge >= 0.3 is 204 Å². The Morgan fingerprint density at radius 1 is 0.697 bits per heavy atom. The molecule has 168 valence electrons. The number of anilines is 1. The van der Waals surface area contributed by atoms with E-state index in [-0.39, 0.29) is 5.91 Å². The molecule has 4 aromatic rings. The second-order valence-electron chi connectivity index (χ2n) is 8.14. The van der Waals surface area contributed by atoms with Gasteiger partial charge in [-0.2, -0.15) is 0 Å². The molecule has 1 amide bonds. The van der Waals surface area contributed by atoms with Crippen LogP contribution >= 0.6 is 20.8 Å². The van der Waals surface area contributed by atoms with Crippen molar-refractivity contribution in [1.82, 2.24) is 5.32 Å². The Balaban J connectivity index is 1.68. The van der Waals surface area contributed by atoms with E-state index in [0.29, 0.717) is 17.8 Å². The molecule has 0 aliphatic heterocycles. The second-order valence-corrected chi connectivity index (χ2v) is 17.2. The van der Waals surface area contributed by atoms with Crippen LogP contribution < -0.4 is 27.0 Å². The van der Waals surface area contributed by atoms with Crippen LogP contribution in [-0.4, -0.2) is 18.6 Å². The normalized spacial score (nSPS) is 12.5. The molecule has 4 aromatic carbocycles. The zero-order valence-corrected chi connectivity index (χ0v) is 20.9. The van der Waals surface area contributed by atoms with Gasteiger partial charge in [0.1, 0.15) is 0 Å². The molecule has 5 heteroatoms. The third-order valence-corrected chi connectivity index (χ3v) is 16.1. The summed E-state index contributed by atoms with van der Waals surface area (Å²) in [4.78, 5) is 12.6. The minimum atomic E-state index is -2.95. The van der Waals surface area contributed by atoms with E-state index in [4.69, 9.17) is 5.73 Å². The first-order valence-corrected chi connectivity index (χ1v) is 15.5. The topological polar surface area (TPSA) is 55.1 Å². The number of nitrogens with two attached hydrogens (primary N) is 1. The van der Waals surface area contributed by atoms with Crippen LogP contribution in [0.1, 0.15) is 16.8 Å². The van der Waals surface area contributed by atoms with Gasteiger partial charge in [-0.05, 0) is 0 Å². The molecule has 3 nitrogen and oxygen atoms in total. The molecule has 4 rings (SSSR count). The van der Waals surface area contributed by atoms with E-state index in [1.165, 1.54) is 15.9 Å². The van der Waals surface area contributed by atoms with E-state index in [9.17, 15) is 4.79 Å². The van der Waals surface area contributed by atoms with Crippen LogP contribution in [0.3, 0.4) is 0 Å². The van der Waals surface area contributed by atoms with Crippen molar-refractivity contribution in [3.8, 4) is 0 Å². The number of nitrogens with one attached hydrogen (secondary N) is 1. The van der Waals surface area contributed by atoms with E-state index in [2.05, 4.69) is 112 Å². The van der Waals surface area contributed by atoms with Gasteiger partial charge in [0, 0.05) is 0 Å². The third kappa shape index (κ3) is 4.59. The van der Waals surface area contributed by atoms with Crippen LogP contribution in [0.5, 0.6) is 0 Å². The Labute approximate surface area is 203 Å². The number of amides is 1. The maximum absolute atomic E-state index is 12.6. The minimum absolute atomic E-state index is 0.0796. The second kappa shape index (κ2) is 9.91. The molecular weight excluding hydrogens is 491 g/mol. The maximum atomic E-state index is 12.6. The summed E-state index contributed by atoms with van der Waals surface area (Å²) in [5, 5.41) is 3.98. The molecule has 33 heavy (non-hydrogen) atoms. The molecule has 0 fully saturated rings. The van der Waals surface area contributed by atoms with Crippen LogP contribution in [0, 0.1) is 0 Å². The Morgan fingerprint density at radius 3 is 1.55 bits per heavy atom. The van der Waals surface area contributed by atoms with Crippen LogP contribution in [0.15, 0.2) is 115 Å². The monoisotopic (exact) mass is 518 g/mol. The fraction of sp³-hybridized carbons (Fsp3) is 0.107. The summed E-state index contributed by atoms with van der Waals surface area (Å²) < 4.78 is 0. The fourth-order valence-corrected chi connectivity index (χ4v) is 12.0. The quantitative estimate of drug-likeness (QED) is 0.190. The van der Waals surface area contributed by atoms with Crippen LogP contribution in [0.25, 0.3) is 0 Å². The van der Waals surface area contributed by atoms with Crippen molar-refractivity contribution in [2.24, 2.45) is 0 Å². The molecule has 0 unspecified atom stereocenters. The van der Waals surface area contributed by atoms with E-state index in [0.717, 1.165) is 12.6 Å². The van der Waals surface area contributed by atoms with Gasteiger partial charge in [0.15, 0.2) is 0 Å². The Morgan fingerprint density at radius 2 is 1.12 bits per heavy atom. The van der Waals surface area contributed by atoms with Gasteiger partial charge in [0.2, 0.25) is 0 Å². The fourth-order valence-electron chi connectivity index (χ4n) is 4.37. The first-order chi connectivity index (χ1) is 16.0. The Hall–Kier alpha value is -2.94. The zero-order valence-electron chi connectivity index (χ0n) is 18.4. The molecule has 0 heterocycles. The SMILES string of the molecule is Nc1ccc(C(=O)NCCCP(Br)(c2ccccc2)(c2ccccc2)c2ccccc2)cc1. The van der Waals surface area contributed by atoms with E-state index in [1.54, 1.807) is 24.3 Å². The van der Waals surface area contributed by atoms with Gasteiger partial charge in [0.05, 0.1) is 0 Å². The summed E-state index contributed by atoms with van der Waals surface area (Å²) in [6.45, 7) is 0.583. The number of rotatable bonds is 8. The summed E-state index contributed by atoms with van der Waals surface area (Å²) in [5.41, 5.74) is 7.01. The van der Waals surface area contributed by atoms with Crippen molar-refractivity contribution in [3.05, 3.63) is 121 Å². The molecular formula is C28H28BrN2OP. The molecule has 0 radical (unpaired) electrons. The van der Waals surface area contributed by atoms with E-state index in [1.807, 2.05) is 0 Å².